The fourth-order valence-corrected chi connectivity index (χ4v) is 2.75. The third-order valence-electron chi connectivity index (χ3n) is 4.31. The number of methoxy groups -OCH3 is 1. The first kappa shape index (κ1) is 19.5. The van der Waals surface area contributed by atoms with Crippen LogP contribution in [0.4, 0.5) is 4.79 Å². The number of esters is 1. The Balaban J connectivity index is 1.82. The average molecular weight is 354 g/mol. The van der Waals surface area contributed by atoms with E-state index in [4.69, 9.17) is 4.74 Å². The van der Waals surface area contributed by atoms with Crippen LogP contribution in [0.3, 0.4) is 0 Å². The third kappa shape index (κ3) is 6.24. The van der Waals surface area contributed by atoms with Gasteiger partial charge in [0.1, 0.15) is 6.04 Å². The minimum absolute atomic E-state index is 0.345. The molecule has 0 aliphatic rings. The Morgan fingerprint density at radius 3 is 2.23 bits per heavy atom. The van der Waals surface area contributed by atoms with Crippen molar-refractivity contribution in [3.63, 3.8) is 0 Å². The van der Waals surface area contributed by atoms with Gasteiger partial charge in [0.05, 0.1) is 7.11 Å². The summed E-state index contributed by atoms with van der Waals surface area (Å²) >= 11 is 0. The van der Waals surface area contributed by atoms with Crippen LogP contribution in [0.15, 0.2) is 60.7 Å². The molecule has 0 fully saturated rings. The Bertz CT molecular complexity index is 689. The van der Waals surface area contributed by atoms with Crippen molar-refractivity contribution in [2.45, 2.75) is 31.7 Å². The molecular formula is C21H26N2O3. The van der Waals surface area contributed by atoms with Crippen molar-refractivity contribution < 1.29 is 14.3 Å². The SMILES string of the molecule is COC(=O)C(Cc1ccccc1)NC(=O)NCCC(C)c1ccccc1. The summed E-state index contributed by atoms with van der Waals surface area (Å²) in [5.74, 6) is -0.112. The van der Waals surface area contributed by atoms with Crippen molar-refractivity contribution in [1.82, 2.24) is 10.6 Å². The van der Waals surface area contributed by atoms with Gasteiger partial charge in [-0.15, -0.1) is 0 Å². The molecule has 2 unspecified atom stereocenters. The van der Waals surface area contributed by atoms with Gasteiger partial charge in [-0.3, -0.25) is 0 Å². The topological polar surface area (TPSA) is 67.4 Å². The van der Waals surface area contributed by atoms with Crippen LogP contribution in [0.1, 0.15) is 30.4 Å². The highest BCUT2D eigenvalue weighted by atomic mass is 16.5. The van der Waals surface area contributed by atoms with Crippen LogP contribution in [-0.2, 0) is 16.0 Å². The number of amides is 2. The molecule has 26 heavy (non-hydrogen) atoms. The maximum atomic E-state index is 12.2. The molecular weight excluding hydrogens is 328 g/mol. The first-order valence-corrected chi connectivity index (χ1v) is 8.81. The summed E-state index contributed by atoms with van der Waals surface area (Å²) in [5, 5.41) is 5.53. The summed E-state index contributed by atoms with van der Waals surface area (Å²) < 4.78 is 4.80. The third-order valence-corrected chi connectivity index (χ3v) is 4.31. The second kappa shape index (κ2) is 10.2. The predicted octanol–water partition coefficient (Wildman–Crippen LogP) is 3.26. The lowest BCUT2D eigenvalue weighted by Gasteiger charge is -2.18. The molecule has 5 heteroatoms. The first-order valence-electron chi connectivity index (χ1n) is 8.81. The van der Waals surface area contributed by atoms with E-state index in [1.54, 1.807) is 0 Å². The summed E-state index contributed by atoms with van der Waals surface area (Å²) in [5.41, 5.74) is 2.20. The Morgan fingerprint density at radius 1 is 1.00 bits per heavy atom. The molecule has 0 aliphatic heterocycles. The van der Waals surface area contributed by atoms with Gasteiger partial charge in [0, 0.05) is 13.0 Å². The molecule has 2 N–H and O–H groups in total. The number of urea groups is 1. The number of carbonyl (C=O) groups is 2. The largest absolute Gasteiger partial charge is 0.467 e. The molecule has 0 saturated heterocycles. The van der Waals surface area contributed by atoms with E-state index in [0.29, 0.717) is 18.9 Å². The van der Waals surface area contributed by atoms with E-state index in [9.17, 15) is 9.59 Å². The monoisotopic (exact) mass is 354 g/mol. The Kier molecular flexibility index (Phi) is 7.68. The number of ether oxygens (including phenoxy) is 1. The summed E-state index contributed by atoms with van der Waals surface area (Å²) in [4.78, 5) is 24.1. The minimum Gasteiger partial charge on any atom is -0.467 e. The van der Waals surface area contributed by atoms with Crippen molar-refractivity contribution in [2.75, 3.05) is 13.7 Å². The number of carbonyl (C=O) groups excluding carboxylic acids is 2. The van der Waals surface area contributed by atoms with Crippen LogP contribution >= 0.6 is 0 Å². The van der Waals surface area contributed by atoms with Crippen LogP contribution in [0.5, 0.6) is 0 Å². The second-order valence-corrected chi connectivity index (χ2v) is 6.27. The number of rotatable bonds is 8. The number of benzene rings is 2. The summed E-state index contributed by atoms with van der Waals surface area (Å²) in [7, 11) is 1.32. The Labute approximate surface area is 154 Å². The molecule has 2 atom stereocenters. The molecule has 2 aromatic rings. The zero-order chi connectivity index (χ0) is 18.8. The number of nitrogens with one attached hydrogen (secondary N) is 2. The van der Waals surface area contributed by atoms with Crippen LogP contribution in [0.25, 0.3) is 0 Å². The highest BCUT2D eigenvalue weighted by molar-refractivity contribution is 5.83. The van der Waals surface area contributed by atoms with Gasteiger partial charge < -0.3 is 15.4 Å². The van der Waals surface area contributed by atoms with E-state index >= 15 is 0 Å². The second-order valence-electron chi connectivity index (χ2n) is 6.27. The van der Waals surface area contributed by atoms with Crippen molar-refractivity contribution in [2.24, 2.45) is 0 Å². The quantitative estimate of drug-likeness (QED) is 0.715. The van der Waals surface area contributed by atoms with Crippen LogP contribution in [0.2, 0.25) is 0 Å². The van der Waals surface area contributed by atoms with Crippen molar-refractivity contribution in [1.29, 1.82) is 0 Å². The predicted molar refractivity (Wildman–Crippen MR) is 102 cm³/mol. The average Bonchev–Trinajstić information content (AvgIpc) is 2.68. The maximum absolute atomic E-state index is 12.2. The van der Waals surface area contributed by atoms with Gasteiger partial charge >= 0.3 is 12.0 Å². The van der Waals surface area contributed by atoms with Gasteiger partial charge in [-0.2, -0.15) is 0 Å². The highest BCUT2D eigenvalue weighted by Crippen LogP contribution is 2.17. The van der Waals surface area contributed by atoms with Crippen LogP contribution < -0.4 is 10.6 Å². The van der Waals surface area contributed by atoms with E-state index in [2.05, 4.69) is 29.7 Å². The van der Waals surface area contributed by atoms with E-state index in [1.807, 2.05) is 48.5 Å². The zero-order valence-corrected chi connectivity index (χ0v) is 15.3. The molecule has 0 saturated carbocycles. The van der Waals surface area contributed by atoms with Gasteiger partial charge in [-0.05, 0) is 23.5 Å². The Hall–Kier alpha value is -2.82. The lowest BCUT2D eigenvalue weighted by atomic mass is 9.98. The van der Waals surface area contributed by atoms with Gasteiger partial charge in [0.2, 0.25) is 0 Å². The van der Waals surface area contributed by atoms with Crippen molar-refractivity contribution >= 4 is 12.0 Å². The van der Waals surface area contributed by atoms with Gasteiger partial charge in [-0.25, -0.2) is 9.59 Å². The lowest BCUT2D eigenvalue weighted by Crippen LogP contribution is -2.47. The van der Waals surface area contributed by atoms with Gasteiger partial charge in [0.15, 0.2) is 0 Å². The zero-order valence-electron chi connectivity index (χ0n) is 15.3. The summed E-state index contributed by atoms with van der Waals surface area (Å²) in [6.07, 6.45) is 1.21. The normalized spacial score (nSPS) is 12.7. The fraction of sp³-hybridized carbons (Fsp3) is 0.333. The molecule has 0 aliphatic carbocycles. The lowest BCUT2D eigenvalue weighted by molar-refractivity contribution is -0.142. The Morgan fingerprint density at radius 2 is 1.62 bits per heavy atom. The fourth-order valence-electron chi connectivity index (χ4n) is 2.75. The molecule has 0 spiro atoms. The molecule has 0 heterocycles. The van der Waals surface area contributed by atoms with Crippen molar-refractivity contribution in [3.05, 3.63) is 71.8 Å². The molecule has 138 valence electrons. The van der Waals surface area contributed by atoms with E-state index in [1.165, 1.54) is 12.7 Å². The van der Waals surface area contributed by atoms with E-state index in [-0.39, 0.29) is 6.03 Å². The smallest absolute Gasteiger partial charge is 0.328 e. The molecule has 2 rings (SSSR count). The summed E-state index contributed by atoms with van der Waals surface area (Å²) in [6, 6.07) is 18.6. The molecule has 2 amide bonds. The standard InChI is InChI=1S/C21H26N2O3/c1-16(18-11-7-4-8-12-18)13-14-22-21(25)23-19(20(24)26-2)15-17-9-5-3-6-10-17/h3-12,16,19H,13-15H2,1-2H3,(H2,22,23,25). The van der Waals surface area contributed by atoms with Gasteiger partial charge in [0.25, 0.3) is 0 Å². The molecule has 0 aromatic heterocycles. The minimum atomic E-state index is -0.714. The van der Waals surface area contributed by atoms with Crippen molar-refractivity contribution in [3.8, 4) is 0 Å². The van der Waals surface area contributed by atoms with E-state index in [0.717, 1.165) is 12.0 Å². The highest BCUT2D eigenvalue weighted by Gasteiger charge is 2.21. The van der Waals surface area contributed by atoms with Crippen LogP contribution in [-0.4, -0.2) is 31.7 Å². The molecule has 0 radical (unpaired) electrons. The maximum Gasteiger partial charge on any atom is 0.328 e. The molecule has 0 bridgehead atoms. The van der Waals surface area contributed by atoms with Crippen LogP contribution in [0, 0.1) is 0 Å². The molecule has 2 aromatic carbocycles. The number of hydrogen-bond acceptors (Lipinski definition) is 3. The number of hydrogen-bond donors (Lipinski definition) is 2. The van der Waals surface area contributed by atoms with E-state index < -0.39 is 12.0 Å². The first-order chi connectivity index (χ1) is 12.6. The molecule has 5 nitrogen and oxygen atoms in total. The summed E-state index contributed by atoms with van der Waals surface area (Å²) in [6.45, 7) is 2.66. The van der Waals surface area contributed by atoms with Gasteiger partial charge in [-0.1, -0.05) is 67.6 Å².